The first kappa shape index (κ1) is 17.5. The van der Waals surface area contributed by atoms with Crippen molar-refractivity contribution < 1.29 is 10.2 Å². The molecule has 1 aromatic carbocycles. The Morgan fingerprint density at radius 2 is 1.88 bits per heavy atom. The quantitative estimate of drug-likeness (QED) is 0.634. The molecule has 0 radical (unpaired) electrons. The van der Waals surface area contributed by atoms with Crippen LogP contribution < -0.4 is 5.32 Å². The summed E-state index contributed by atoms with van der Waals surface area (Å²) in [5.74, 6) is 0.491. The van der Waals surface area contributed by atoms with Crippen molar-refractivity contribution in [2.75, 3.05) is 5.32 Å². The lowest BCUT2D eigenvalue weighted by atomic mass is 10.0. The lowest BCUT2D eigenvalue weighted by Crippen LogP contribution is -2.24. The molecule has 3 N–H and O–H groups in total. The number of nitrogens with one attached hydrogen (secondary N) is 1. The molecule has 0 spiro atoms. The summed E-state index contributed by atoms with van der Waals surface area (Å²) in [7, 11) is 0. The molecule has 3 aromatic rings. The summed E-state index contributed by atoms with van der Waals surface area (Å²) in [4.78, 5) is 8.83. The third-order valence-corrected chi connectivity index (χ3v) is 5.24. The van der Waals surface area contributed by atoms with Crippen molar-refractivity contribution in [1.29, 1.82) is 0 Å². The zero-order valence-electron chi connectivity index (χ0n) is 13.8. The van der Waals surface area contributed by atoms with Crippen LogP contribution in [0.3, 0.4) is 0 Å². The van der Waals surface area contributed by atoms with Gasteiger partial charge in [0.15, 0.2) is 11.5 Å². The van der Waals surface area contributed by atoms with Crippen LogP contribution in [0.2, 0.25) is 10.0 Å². The van der Waals surface area contributed by atoms with Crippen LogP contribution in [0.15, 0.2) is 36.8 Å². The van der Waals surface area contributed by atoms with E-state index >= 15 is 0 Å². The van der Waals surface area contributed by atoms with Gasteiger partial charge in [0.25, 0.3) is 0 Å². The van der Waals surface area contributed by atoms with Gasteiger partial charge in [-0.25, -0.2) is 9.97 Å². The van der Waals surface area contributed by atoms with Crippen molar-refractivity contribution in [2.45, 2.75) is 37.5 Å². The Kier molecular flexibility index (Phi) is 4.75. The van der Waals surface area contributed by atoms with E-state index in [1.807, 2.05) is 22.7 Å². The highest BCUT2D eigenvalue weighted by molar-refractivity contribution is 6.34. The molecule has 26 heavy (non-hydrogen) atoms. The van der Waals surface area contributed by atoms with Crippen LogP contribution in [-0.4, -0.2) is 36.8 Å². The smallest absolute Gasteiger partial charge is 0.180 e. The van der Waals surface area contributed by atoms with Crippen LogP contribution in [-0.2, 0) is 6.54 Å². The second kappa shape index (κ2) is 7.04. The van der Waals surface area contributed by atoms with Gasteiger partial charge in [0.2, 0.25) is 0 Å². The van der Waals surface area contributed by atoms with Gasteiger partial charge < -0.3 is 15.5 Å². The van der Waals surface area contributed by atoms with E-state index in [1.165, 1.54) is 0 Å². The van der Waals surface area contributed by atoms with E-state index in [4.69, 9.17) is 23.2 Å². The largest absolute Gasteiger partial charge is 0.390 e. The van der Waals surface area contributed by atoms with Crippen molar-refractivity contribution in [2.24, 2.45) is 0 Å². The Balaban J connectivity index is 1.61. The van der Waals surface area contributed by atoms with Gasteiger partial charge in [-0.15, -0.1) is 0 Å². The highest BCUT2D eigenvalue weighted by Crippen LogP contribution is 2.35. The highest BCUT2D eigenvalue weighted by atomic mass is 35.5. The molecule has 2 heterocycles. The summed E-state index contributed by atoms with van der Waals surface area (Å²) < 4.78 is 1.91. The molecular weight excluding hydrogens is 375 g/mol. The average Bonchev–Trinajstić information content (AvgIpc) is 3.16. The van der Waals surface area contributed by atoms with Crippen molar-refractivity contribution in [3.8, 4) is 0 Å². The number of aliphatic hydroxyl groups excluding tert-OH is 2. The first-order chi connectivity index (χ1) is 12.5. The van der Waals surface area contributed by atoms with Gasteiger partial charge in [-0.1, -0.05) is 23.2 Å². The monoisotopic (exact) mass is 392 g/mol. The molecule has 1 fully saturated rings. The SMILES string of the molecule is O[C@@H]1[C@H](O)CC[C@H]1c1cnc2c(NCc3cc(Cl)cc(Cl)c3)nccn12. The van der Waals surface area contributed by atoms with Crippen LogP contribution in [0.1, 0.15) is 30.0 Å². The Labute approximate surface area is 160 Å². The minimum Gasteiger partial charge on any atom is -0.390 e. The molecule has 1 aliphatic carbocycles. The third kappa shape index (κ3) is 3.25. The average molecular weight is 393 g/mol. The van der Waals surface area contributed by atoms with E-state index in [2.05, 4.69) is 15.3 Å². The number of benzene rings is 1. The third-order valence-electron chi connectivity index (χ3n) is 4.80. The van der Waals surface area contributed by atoms with Gasteiger partial charge >= 0.3 is 0 Å². The number of anilines is 1. The normalized spacial score (nSPS) is 22.8. The Bertz CT molecular complexity index is 926. The van der Waals surface area contributed by atoms with Crippen molar-refractivity contribution in [1.82, 2.24) is 14.4 Å². The number of hydrogen-bond donors (Lipinski definition) is 3. The Morgan fingerprint density at radius 3 is 2.58 bits per heavy atom. The molecular formula is C18H18Cl2N4O2. The zero-order valence-corrected chi connectivity index (χ0v) is 15.3. The summed E-state index contributed by atoms with van der Waals surface area (Å²) in [6.07, 6.45) is 5.10. The molecule has 6 nitrogen and oxygen atoms in total. The number of fused-ring (bicyclic) bond motifs is 1. The Hall–Kier alpha value is -1.86. The van der Waals surface area contributed by atoms with Gasteiger partial charge in [0, 0.05) is 46.8 Å². The van der Waals surface area contributed by atoms with E-state index in [1.54, 1.807) is 18.5 Å². The minimum atomic E-state index is -0.770. The lowest BCUT2D eigenvalue weighted by Gasteiger charge is -2.16. The first-order valence-corrected chi connectivity index (χ1v) is 9.15. The lowest BCUT2D eigenvalue weighted by molar-refractivity contribution is 0.0345. The van der Waals surface area contributed by atoms with Crippen LogP contribution in [0.5, 0.6) is 0 Å². The Morgan fingerprint density at radius 1 is 1.12 bits per heavy atom. The molecule has 4 rings (SSSR count). The number of rotatable bonds is 4. The minimum absolute atomic E-state index is 0.137. The van der Waals surface area contributed by atoms with E-state index in [0.717, 1.165) is 17.7 Å². The van der Waals surface area contributed by atoms with Gasteiger partial charge in [0.05, 0.1) is 12.2 Å². The molecule has 0 bridgehead atoms. The van der Waals surface area contributed by atoms with Gasteiger partial charge in [-0.05, 0) is 36.6 Å². The first-order valence-electron chi connectivity index (χ1n) is 8.40. The predicted octanol–water partition coefficient (Wildman–Crippen LogP) is 3.25. The van der Waals surface area contributed by atoms with E-state index in [0.29, 0.717) is 34.5 Å². The topological polar surface area (TPSA) is 82.7 Å². The fraction of sp³-hybridized carbons (Fsp3) is 0.333. The number of hydrogen-bond acceptors (Lipinski definition) is 5. The molecule has 1 saturated carbocycles. The zero-order chi connectivity index (χ0) is 18.3. The maximum absolute atomic E-state index is 10.2. The van der Waals surface area contributed by atoms with Crippen molar-refractivity contribution in [3.05, 3.63) is 58.1 Å². The summed E-state index contributed by atoms with van der Waals surface area (Å²) in [5, 5.41) is 24.5. The highest BCUT2D eigenvalue weighted by Gasteiger charge is 2.36. The van der Waals surface area contributed by atoms with Crippen LogP contribution >= 0.6 is 23.2 Å². The molecule has 1 aliphatic rings. The molecule has 0 amide bonds. The second-order valence-electron chi connectivity index (χ2n) is 6.53. The fourth-order valence-corrected chi connectivity index (χ4v) is 4.09. The van der Waals surface area contributed by atoms with E-state index in [-0.39, 0.29) is 5.92 Å². The fourth-order valence-electron chi connectivity index (χ4n) is 3.52. The maximum Gasteiger partial charge on any atom is 0.180 e. The number of halogens is 2. The van der Waals surface area contributed by atoms with Crippen LogP contribution in [0.4, 0.5) is 5.82 Å². The van der Waals surface area contributed by atoms with E-state index in [9.17, 15) is 10.2 Å². The van der Waals surface area contributed by atoms with Crippen molar-refractivity contribution >= 4 is 34.7 Å². The summed E-state index contributed by atoms with van der Waals surface area (Å²) in [6.45, 7) is 0.500. The molecule has 136 valence electrons. The summed E-state index contributed by atoms with van der Waals surface area (Å²) in [6, 6.07) is 5.37. The van der Waals surface area contributed by atoms with Gasteiger partial charge in [-0.2, -0.15) is 0 Å². The van der Waals surface area contributed by atoms with E-state index < -0.39 is 12.2 Å². The predicted molar refractivity (Wildman–Crippen MR) is 101 cm³/mol. The number of nitrogens with zero attached hydrogens (tertiary/aromatic N) is 3. The van der Waals surface area contributed by atoms with Gasteiger partial charge in [-0.3, -0.25) is 4.40 Å². The molecule has 0 saturated heterocycles. The molecule has 0 unspecified atom stereocenters. The van der Waals surface area contributed by atoms with Crippen LogP contribution in [0.25, 0.3) is 5.65 Å². The van der Waals surface area contributed by atoms with Gasteiger partial charge in [0.1, 0.15) is 0 Å². The molecule has 8 heteroatoms. The number of imidazole rings is 1. The van der Waals surface area contributed by atoms with Crippen LogP contribution in [0, 0.1) is 0 Å². The molecule has 3 atom stereocenters. The second-order valence-corrected chi connectivity index (χ2v) is 7.40. The molecule has 0 aliphatic heterocycles. The van der Waals surface area contributed by atoms with Crippen molar-refractivity contribution in [3.63, 3.8) is 0 Å². The summed E-state index contributed by atoms with van der Waals surface area (Å²) in [5.41, 5.74) is 2.48. The number of aromatic nitrogens is 3. The number of aliphatic hydroxyl groups is 2. The summed E-state index contributed by atoms with van der Waals surface area (Å²) >= 11 is 12.1. The standard InChI is InChI=1S/C18H18Cl2N4O2/c19-11-5-10(6-12(20)7-11)8-22-17-18-23-9-14(24(18)4-3-21-17)13-1-2-15(25)16(13)26/h3-7,9,13,15-16,25-26H,1-2,8H2,(H,21,22)/t13-,15+,16-/m0/s1. The molecule has 2 aromatic heterocycles. The maximum atomic E-state index is 10.2.